The Labute approximate surface area is 166 Å². The van der Waals surface area contributed by atoms with E-state index in [4.69, 9.17) is 0 Å². The standard InChI is InChI=1S/C21H26N4O2S/c26-28(27,15-14-25-17-22-20-8-4-5-9-21(20)25)23-19-10-12-24(13-11-19)16-18-6-2-1-3-7-18/h1-9,17,19,23H,10-16H2. The number of hydrogen-bond acceptors (Lipinski definition) is 4. The number of benzene rings is 2. The number of sulfonamides is 1. The highest BCUT2D eigenvalue weighted by molar-refractivity contribution is 7.89. The lowest BCUT2D eigenvalue weighted by Gasteiger charge is -2.32. The van der Waals surface area contributed by atoms with Crippen molar-refractivity contribution >= 4 is 21.1 Å². The number of nitrogens with zero attached hydrogens (tertiary/aromatic N) is 3. The van der Waals surface area contributed by atoms with Crippen molar-refractivity contribution in [2.45, 2.75) is 32.0 Å². The zero-order valence-electron chi connectivity index (χ0n) is 15.9. The molecule has 1 aromatic heterocycles. The summed E-state index contributed by atoms with van der Waals surface area (Å²) in [4.78, 5) is 6.71. The normalized spacial score (nSPS) is 16.6. The molecule has 4 rings (SSSR count). The Morgan fingerprint density at radius 3 is 2.50 bits per heavy atom. The van der Waals surface area contributed by atoms with Crippen LogP contribution in [0.25, 0.3) is 11.0 Å². The van der Waals surface area contributed by atoms with Crippen LogP contribution in [0.3, 0.4) is 0 Å². The molecule has 2 heterocycles. The lowest BCUT2D eigenvalue weighted by atomic mass is 10.1. The van der Waals surface area contributed by atoms with Gasteiger partial charge < -0.3 is 4.57 Å². The second kappa shape index (κ2) is 8.43. The van der Waals surface area contributed by atoms with Gasteiger partial charge in [-0.15, -0.1) is 0 Å². The fourth-order valence-electron chi connectivity index (χ4n) is 3.77. The zero-order valence-corrected chi connectivity index (χ0v) is 16.7. The van der Waals surface area contributed by atoms with Gasteiger partial charge in [0, 0.05) is 32.2 Å². The van der Waals surface area contributed by atoms with Crippen LogP contribution in [-0.4, -0.2) is 47.8 Å². The molecule has 1 N–H and O–H groups in total. The van der Waals surface area contributed by atoms with E-state index in [1.54, 1.807) is 6.33 Å². The number of fused-ring (bicyclic) bond motifs is 1. The largest absolute Gasteiger partial charge is 0.330 e. The first-order chi connectivity index (χ1) is 13.6. The molecule has 2 aromatic carbocycles. The number of imidazole rings is 1. The van der Waals surface area contributed by atoms with Crippen molar-refractivity contribution in [1.82, 2.24) is 19.2 Å². The average molecular weight is 399 g/mol. The minimum Gasteiger partial charge on any atom is -0.330 e. The van der Waals surface area contributed by atoms with Gasteiger partial charge in [0.2, 0.25) is 10.0 Å². The number of para-hydroxylation sites is 2. The molecule has 0 radical (unpaired) electrons. The number of nitrogens with one attached hydrogen (secondary N) is 1. The van der Waals surface area contributed by atoms with E-state index in [9.17, 15) is 8.42 Å². The minimum absolute atomic E-state index is 0.0246. The summed E-state index contributed by atoms with van der Waals surface area (Å²) in [6.07, 6.45) is 3.41. The van der Waals surface area contributed by atoms with E-state index in [2.05, 4.69) is 38.9 Å². The molecule has 28 heavy (non-hydrogen) atoms. The van der Waals surface area contributed by atoms with Gasteiger partial charge in [-0.2, -0.15) is 0 Å². The molecule has 0 aliphatic carbocycles. The summed E-state index contributed by atoms with van der Waals surface area (Å²) in [7, 11) is -3.32. The van der Waals surface area contributed by atoms with Crippen LogP contribution < -0.4 is 4.72 Å². The fourth-order valence-corrected chi connectivity index (χ4v) is 5.07. The molecule has 0 amide bonds. The Kier molecular flexibility index (Phi) is 5.75. The van der Waals surface area contributed by atoms with Crippen molar-refractivity contribution in [1.29, 1.82) is 0 Å². The third-order valence-corrected chi connectivity index (χ3v) is 6.72. The van der Waals surface area contributed by atoms with E-state index < -0.39 is 10.0 Å². The smallest absolute Gasteiger partial charge is 0.213 e. The number of aromatic nitrogens is 2. The fraction of sp³-hybridized carbons (Fsp3) is 0.381. The van der Waals surface area contributed by atoms with E-state index in [0.29, 0.717) is 6.54 Å². The molecule has 1 fully saturated rings. The Hall–Kier alpha value is -2.22. The number of likely N-dealkylation sites (tertiary alicyclic amines) is 1. The Bertz CT molecular complexity index is 1010. The van der Waals surface area contributed by atoms with Crippen molar-refractivity contribution in [3.63, 3.8) is 0 Å². The quantitative estimate of drug-likeness (QED) is 0.664. The second-order valence-electron chi connectivity index (χ2n) is 7.40. The van der Waals surface area contributed by atoms with Crippen molar-refractivity contribution < 1.29 is 8.42 Å². The topological polar surface area (TPSA) is 67.2 Å². The highest BCUT2D eigenvalue weighted by Crippen LogP contribution is 2.15. The summed E-state index contributed by atoms with van der Waals surface area (Å²) in [6.45, 7) is 3.15. The summed E-state index contributed by atoms with van der Waals surface area (Å²) < 4.78 is 29.9. The monoisotopic (exact) mass is 398 g/mol. The van der Waals surface area contributed by atoms with Crippen molar-refractivity contribution in [2.75, 3.05) is 18.8 Å². The molecule has 148 valence electrons. The van der Waals surface area contributed by atoms with Crippen LogP contribution in [0.15, 0.2) is 60.9 Å². The summed E-state index contributed by atoms with van der Waals surface area (Å²) in [6, 6.07) is 18.2. The molecule has 1 aliphatic heterocycles. The Balaban J connectivity index is 1.27. The molecule has 7 heteroatoms. The van der Waals surface area contributed by atoms with Crippen LogP contribution in [0.2, 0.25) is 0 Å². The van der Waals surface area contributed by atoms with Gasteiger partial charge in [-0.1, -0.05) is 42.5 Å². The predicted octanol–water partition coefficient (Wildman–Crippen LogP) is 2.62. The molecule has 0 saturated carbocycles. The summed E-state index contributed by atoms with van der Waals surface area (Å²) in [5.74, 6) is 0.0670. The Morgan fingerprint density at radius 2 is 1.71 bits per heavy atom. The minimum atomic E-state index is -3.32. The van der Waals surface area contributed by atoms with Crippen molar-refractivity contribution in [3.05, 3.63) is 66.5 Å². The number of hydrogen-bond donors (Lipinski definition) is 1. The number of piperidine rings is 1. The van der Waals surface area contributed by atoms with Crippen molar-refractivity contribution in [2.24, 2.45) is 0 Å². The molecule has 0 atom stereocenters. The lowest BCUT2D eigenvalue weighted by Crippen LogP contribution is -2.45. The van der Waals surface area contributed by atoms with E-state index in [1.165, 1.54) is 5.56 Å². The number of rotatable bonds is 7. The van der Waals surface area contributed by atoms with Gasteiger partial charge in [0.15, 0.2) is 0 Å². The van der Waals surface area contributed by atoms with Gasteiger partial charge in [0.1, 0.15) is 0 Å². The zero-order chi connectivity index (χ0) is 19.4. The van der Waals surface area contributed by atoms with E-state index in [0.717, 1.165) is 43.5 Å². The van der Waals surface area contributed by atoms with Crippen LogP contribution in [0, 0.1) is 0 Å². The Morgan fingerprint density at radius 1 is 1.00 bits per heavy atom. The van der Waals surface area contributed by atoms with Crippen LogP contribution in [0.5, 0.6) is 0 Å². The van der Waals surface area contributed by atoms with E-state index in [1.807, 2.05) is 34.9 Å². The van der Waals surface area contributed by atoms with Gasteiger partial charge in [0.25, 0.3) is 0 Å². The lowest BCUT2D eigenvalue weighted by molar-refractivity contribution is 0.200. The highest BCUT2D eigenvalue weighted by Gasteiger charge is 2.23. The molecular formula is C21H26N4O2S. The first-order valence-corrected chi connectivity index (χ1v) is 11.4. The maximum atomic E-state index is 12.5. The molecule has 0 bridgehead atoms. The summed E-state index contributed by atoms with van der Waals surface area (Å²) in [5, 5.41) is 0. The van der Waals surface area contributed by atoms with Crippen LogP contribution >= 0.6 is 0 Å². The summed E-state index contributed by atoms with van der Waals surface area (Å²) >= 11 is 0. The van der Waals surface area contributed by atoms with E-state index in [-0.39, 0.29) is 11.8 Å². The van der Waals surface area contributed by atoms with Crippen LogP contribution in [0.4, 0.5) is 0 Å². The summed E-state index contributed by atoms with van der Waals surface area (Å²) in [5.41, 5.74) is 3.15. The SMILES string of the molecule is O=S(=O)(CCn1cnc2ccccc21)NC1CCN(Cc2ccccc2)CC1. The third kappa shape index (κ3) is 4.79. The van der Waals surface area contributed by atoms with Gasteiger partial charge in [-0.25, -0.2) is 18.1 Å². The second-order valence-corrected chi connectivity index (χ2v) is 9.27. The van der Waals surface area contributed by atoms with Gasteiger partial charge in [0.05, 0.1) is 23.1 Å². The van der Waals surface area contributed by atoms with E-state index >= 15 is 0 Å². The molecule has 6 nitrogen and oxygen atoms in total. The average Bonchev–Trinajstić information content (AvgIpc) is 3.12. The third-order valence-electron chi connectivity index (χ3n) is 5.31. The molecular weight excluding hydrogens is 372 g/mol. The molecule has 3 aromatic rings. The van der Waals surface area contributed by atoms with Gasteiger partial charge in [-0.3, -0.25) is 4.90 Å². The maximum Gasteiger partial charge on any atom is 0.213 e. The van der Waals surface area contributed by atoms with Gasteiger partial charge >= 0.3 is 0 Å². The number of aryl methyl sites for hydroxylation is 1. The first-order valence-electron chi connectivity index (χ1n) is 9.75. The molecule has 0 unspecified atom stereocenters. The first kappa shape index (κ1) is 19.1. The van der Waals surface area contributed by atoms with Gasteiger partial charge in [-0.05, 0) is 30.5 Å². The van der Waals surface area contributed by atoms with Crippen molar-refractivity contribution in [3.8, 4) is 0 Å². The highest BCUT2D eigenvalue weighted by atomic mass is 32.2. The maximum absolute atomic E-state index is 12.5. The molecule has 1 saturated heterocycles. The van der Waals surface area contributed by atoms with Crippen LogP contribution in [0.1, 0.15) is 18.4 Å². The molecule has 1 aliphatic rings. The van der Waals surface area contributed by atoms with Crippen LogP contribution in [-0.2, 0) is 23.1 Å². The molecule has 0 spiro atoms. The predicted molar refractivity (Wildman–Crippen MR) is 111 cm³/mol.